The number of benzene rings is 1. The number of amides is 2. The summed E-state index contributed by atoms with van der Waals surface area (Å²) in [7, 11) is 0. The molecule has 5 nitrogen and oxygen atoms in total. The molecule has 0 radical (unpaired) electrons. The summed E-state index contributed by atoms with van der Waals surface area (Å²) in [6, 6.07) is 8.35. The number of nitrogens with zero attached hydrogens (tertiary/aromatic N) is 3. The lowest BCUT2D eigenvalue weighted by molar-refractivity contribution is -0.143. The third-order valence-corrected chi connectivity index (χ3v) is 6.63. The summed E-state index contributed by atoms with van der Waals surface area (Å²) in [6.07, 6.45) is 7.45. The maximum absolute atomic E-state index is 13.5. The molecule has 2 fully saturated rings. The summed E-state index contributed by atoms with van der Waals surface area (Å²) in [5, 5.41) is 0. The molecule has 2 saturated heterocycles. The molecular formula is C24H28FN3O2. The highest BCUT2D eigenvalue weighted by Gasteiger charge is 2.49. The van der Waals surface area contributed by atoms with Crippen LogP contribution in [0, 0.1) is 5.82 Å². The molecule has 3 heterocycles. The fraction of sp³-hybridized carbons (Fsp3) is 0.458. The van der Waals surface area contributed by atoms with Gasteiger partial charge in [-0.2, -0.15) is 0 Å². The normalized spacial score (nSPS) is 23.8. The number of fused-ring (bicyclic) bond motifs is 1. The Morgan fingerprint density at radius 3 is 2.77 bits per heavy atom. The maximum Gasteiger partial charge on any atom is 0.255 e. The number of carbonyl (C=O) groups is 2. The van der Waals surface area contributed by atoms with Gasteiger partial charge in [-0.3, -0.25) is 14.6 Å². The first-order chi connectivity index (χ1) is 14.4. The van der Waals surface area contributed by atoms with Crippen LogP contribution in [0.2, 0.25) is 0 Å². The molecule has 0 N–H and O–H groups in total. The van der Waals surface area contributed by atoms with Gasteiger partial charge in [-0.15, -0.1) is 0 Å². The second-order valence-electron chi connectivity index (χ2n) is 8.68. The second-order valence-corrected chi connectivity index (χ2v) is 8.68. The van der Waals surface area contributed by atoms with Crippen LogP contribution in [0.1, 0.15) is 61.0 Å². The van der Waals surface area contributed by atoms with Crippen LogP contribution >= 0.6 is 0 Å². The zero-order valence-corrected chi connectivity index (χ0v) is 17.6. The van der Waals surface area contributed by atoms with E-state index in [1.807, 2.05) is 21.9 Å². The molecule has 2 aliphatic rings. The molecule has 158 valence electrons. The van der Waals surface area contributed by atoms with Crippen molar-refractivity contribution >= 4 is 11.8 Å². The average molecular weight is 410 g/mol. The fourth-order valence-corrected chi connectivity index (χ4v) is 5.26. The van der Waals surface area contributed by atoms with E-state index in [2.05, 4.69) is 11.9 Å². The van der Waals surface area contributed by atoms with Crippen LogP contribution in [0.15, 0.2) is 42.7 Å². The van der Waals surface area contributed by atoms with Gasteiger partial charge in [0.1, 0.15) is 5.82 Å². The number of halogens is 1. The van der Waals surface area contributed by atoms with Crippen molar-refractivity contribution in [2.75, 3.05) is 13.1 Å². The molecular weight excluding hydrogens is 381 g/mol. The molecule has 1 aromatic carbocycles. The maximum atomic E-state index is 13.5. The third kappa shape index (κ3) is 3.83. The van der Waals surface area contributed by atoms with Crippen LogP contribution < -0.4 is 0 Å². The van der Waals surface area contributed by atoms with Crippen molar-refractivity contribution in [3.8, 4) is 0 Å². The standard InChI is InChI=1S/C24H28FN3O2/c1-17(29)28-11-4-8-22-24(28,2)9-5-10-27(22)23(30)20-13-19(15-26-16-20)12-18-6-3-7-21(25)14-18/h3,6-7,13-16,22H,4-5,8-12H2,1-2H3/t22-,24+/m1/s1. The SMILES string of the molecule is CC(=O)N1CCC[C@H]2N(C(=O)c3cncc(Cc4cccc(F)c4)c3)CCC[C@@]21C. The van der Waals surface area contributed by atoms with Crippen LogP contribution in [0.3, 0.4) is 0 Å². The minimum atomic E-state index is -0.315. The van der Waals surface area contributed by atoms with Gasteiger partial charge in [0.2, 0.25) is 5.91 Å². The third-order valence-electron chi connectivity index (χ3n) is 6.63. The van der Waals surface area contributed by atoms with Crippen molar-refractivity contribution in [1.29, 1.82) is 0 Å². The van der Waals surface area contributed by atoms with Crippen LogP contribution in [0.4, 0.5) is 4.39 Å². The molecule has 30 heavy (non-hydrogen) atoms. The number of rotatable bonds is 3. The number of hydrogen-bond acceptors (Lipinski definition) is 3. The molecule has 2 amide bonds. The Hall–Kier alpha value is -2.76. The highest BCUT2D eigenvalue weighted by molar-refractivity contribution is 5.94. The first-order valence-electron chi connectivity index (χ1n) is 10.7. The number of hydrogen-bond donors (Lipinski definition) is 0. The van der Waals surface area contributed by atoms with Gasteiger partial charge in [0.15, 0.2) is 0 Å². The fourth-order valence-electron chi connectivity index (χ4n) is 5.26. The van der Waals surface area contributed by atoms with E-state index in [1.54, 1.807) is 25.4 Å². The Morgan fingerprint density at radius 2 is 2.00 bits per heavy atom. The van der Waals surface area contributed by atoms with Gasteiger partial charge < -0.3 is 9.80 Å². The van der Waals surface area contributed by atoms with Gasteiger partial charge >= 0.3 is 0 Å². The van der Waals surface area contributed by atoms with Crippen molar-refractivity contribution in [2.24, 2.45) is 0 Å². The lowest BCUT2D eigenvalue weighted by atomic mass is 9.76. The molecule has 2 atom stereocenters. The summed E-state index contributed by atoms with van der Waals surface area (Å²) >= 11 is 0. The Balaban J connectivity index is 1.57. The molecule has 0 bridgehead atoms. The van der Waals surface area contributed by atoms with Gasteiger partial charge in [-0.25, -0.2) is 4.39 Å². The van der Waals surface area contributed by atoms with Crippen molar-refractivity contribution in [3.63, 3.8) is 0 Å². The van der Waals surface area contributed by atoms with Crippen LogP contribution in [-0.4, -0.2) is 51.3 Å². The highest BCUT2D eigenvalue weighted by atomic mass is 19.1. The summed E-state index contributed by atoms with van der Waals surface area (Å²) in [5.74, 6) is -0.229. The zero-order chi connectivity index (χ0) is 21.3. The predicted molar refractivity (Wildman–Crippen MR) is 113 cm³/mol. The largest absolute Gasteiger partial charge is 0.335 e. The summed E-state index contributed by atoms with van der Waals surface area (Å²) < 4.78 is 13.5. The number of likely N-dealkylation sites (tertiary alicyclic amines) is 2. The molecule has 0 aliphatic carbocycles. The quantitative estimate of drug-likeness (QED) is 0.775. The molecule has 0 unspecified atom stereocenters. The Morgan fingerprint density at radius 1 is 1.17 bits per heavy atom. The highest BCUT2D eigenvalue weighted by Crippen LogP contribution is 2.39. The van der Waals surface area contributed by atoms with E-state index in [0.29, 0.717) is 18.5 Å². The minimum Gasteiger partial charge on any atom is -0.335 e. The van der Waals surface area contributed by atoms with Crippen LogP contribution in [0.5, 0.6) is 0 Å². The van der Waals surface area contributed by atoms with E-state index in [9.17, 15) is 14.0 Å². The van der Waals surface area contributed by atoms with Gasteiger partial charge in [0, 0.05) is 32.4 Å². The van der Waals surface area contributed by atoms with E-state index in [-0.39, 0.29) is 29.2 Å². The van der Waals surface area contributed by atoms with Crippen LogP contribution in [-0.2, 0) is 11.2 Å². The molecule has 2 aliphatic heterocycles. The van der Waals surface area contributed by atoms with E-state index < -0.39 is 0 Å². The number of aromatic nitrogens is 1. The van der Waals surface area contributed by atoms with Gasteiger partial charge in [-0.05, 0) is 68.4 Å². The van der Waals surface area contributed by atoms with Crippen molar-refractivity contribution in [2.45, 2.75) is 57.5 Å². The minimum absolute atomic E-state index is 0.0169. The number of piperidine rings is 2. The monoisotopic (exact) mass is 409 g/mol. The molecule has 4 rings (SSSR count). The zero-order valence-electron chi connectivity index (χ0n) is 17.6. The lowest BCUT2D eigenvalue weighted by Crippen LogP contribution is -2.67. The Kier molecular flexibility index (Phi) is 5.58. The molecule has 0 spiro atoms. The van der Waals surface area contributed by atoms with Crippen molar-refractivity contribution in [1.82, 2.24) is 14.8 Å². The summed E-state index contributed by atoms with van der Waals surface area (Å²) in [4.78, 5) is 33.9. The summed E-state index contributed by atoms with van der Waals surface area (Å²) in [5.41, 5.74) is 1.95. The second kappa shape index (κ2) is 8.17. The van der Waals surface area contributed by atoms with Crippen molar-refractivity contribution in [3.05, 3.63) is 65.2 Å². The van der Waals surface area contributed by atoms with Gasteiger partial charge in [0.25, 0.3) is 5.91 Å². The van der Waals surface area contributed by atoms with Gasteiger partial charge in [-0.1, -0.05) is 12.1 Å². The van der Waals surface area contributed by atoms with E-state index in [1.165, 1.54) is 12.1 Å². The summed E-state index contributed by atoms with van der Waals surface area (Å²) in [6.45, 7) is 5.19. The molecule has 6 heteroatoms. The molecule has 2 aromatic rings. The predicted octanol–water partition coefficient (Wildman–Crippen LogP) is 3.82. The Bertz CT molecular complexity index is 963. The number of pyridine rings is 1. The van der Waals surface area contributed by atoms with Crippen molar-refractivity contribution < 1.29 is 14.0 Å². The molecule has 1 aromatic heterocycles. The average Bonchev–Trinajstić information content (AvgIpc) is 2.72. The topological polar surface area (TPSA) is 53.5 Å². The first kappa shape index (κ1) is 20.5. The number of carbonyl (C=O) groups excluding carboxylic acids is 2. The van der Waals surface area contributed by atoms with E-state index in [0.717, 1.165) is 43.4 Å². The van der Waals surface area contributed by atoms with E-state index in [4.69, 9.17) is 0 Å². The van der Waals surface area contributed by atoms with Crippen LogP contribution in [0.25, 0.3) is 0 Å². The van der Waals surface area contributed by atoms with E-state index >= 15 is 0 Å². The lowest BCUT2D eigenvalue weighted by Gasteiger charge is -2.56. The molecule has 0 saturated carbocycles. The first-order valence-corrected chi connectivity index (χ1v) is 10.7. The Labute approximate surface area is 176 Å². The van der Waals surface area contributed by atoms with Gasteiger partial charge in [0.05, 0.1) is 17.1 Å². The smallest absolute Gasteiger partial charge is 0.255 e.